The van der Waals surface area contributed by atoms with E-state index < -0.39 is 87.1 Å². The zero-order valence-corrected chi connectivity index (χ0v) is 23.7. The van der Waals surface area contributed by atoms with Crippen molar-refractivity contribution in [3.63, 3.8) is 0 Å². The van der Waals surface area contributed by atoms with E-state index in [1.54, 1.807) is 0 Å². The summed E-state index contributed by atoms with van der Waals surface area (Å²) in [4.78, 5) is 97.3. The second-order valence-corrected chi connectivity index (χ2v) is 7.00. The van der Waals surface area contributed by atoms with Gasteiger partial charge in [-0.3, -0.25) is 9.59 Å². The Morgan fingerprint density at radius 3 is 1.02 bits per heavy atom. The van der Waals surface area contributed by atoms with Crippen molar-refractivity contribution in [2.75, 3.05) is 0 Å². The molecule has 2 aromatic rings. The van der Waals surface area contributed by atoms with E-state index >= 15 is 0 Å². The van der Waals surface area contributed by atoms with Crippen LogP contribution in [0.1, 0.15) is 82.9 Å². The molecule has 0 saturated carbocycles. The maximum atomic E-state index is 12.2. The molecule has 2 rings (SSSR count). The summed E-state index contributed by atoms with van der Waals surface area (Å²) in [5, 5.41) is 45.0. The van der Waals surface area contributed by atoms with Crippen molar-refractivity contribution in [1.82, 2.24) is 0 Å². The molecule has 17 heteroatoms. The number of hydrogen-bond donors (Lipinski definition) is 4. The molecule has 2 aromatic carbocycles. The van der Waals surface area contributed by atoms with Crippen LogP contribution >= 0.6 is 0 Å². The molecule has 0 unspecified atom stereocenters. The number of carboxylic acids is 5. The van der Waals surface area contributed by atoms with E-state index in [1.165, 1.54) is 13.8 Å². The van der Waals surface area contributed by atoms with Crippen LogP contribution in [-0.4, -0.2) is 74.1 Å². The number of ether oxygens (including phenoxy) is 2. The normalized spacial score (nSPS) is 9.05. The largest absolute Gasteiger partial charge is 1.00 e. The van der Waals surface area contributed by atoms with Crippen molar-refractivity contribution >= 4 is 53.7 Å². The maximum absolute atomic E-state index is 12.2. The van der Waals surface area contributed by atoms with E-state index in [4.69, 9.17) is 30.3 Å². The van der Waals surface area contributed by atoms with Crippen molar-refractivity contribution in [1.29, 1.82) is 0 Å². The molecular formula is C24H19NaO16. The molecule has 0 spiro atoms. The molecule has 0 aliphatic rings. The molecule has 0 amide bonds. The Morgan fingerprint density at radius 1 is 0.537 bits per heavy atom. The van der Waals surface area contributed by atoms with Gasteiger partial charge in [-0.2, -0.15) is 0 Å². The molecule has 4 N–H and O–H groups in total. The van der Waals surface area contributed by atoms with Crippen LogP contribution in [0.2, 0.25) is 0 Å². The fourth-order valence-electron chi connectivity index (χ4n) is 2.46. The van der Waals surface area contributed by atoms with Gasteiger partial charge < -0.3 is 39.8 Å². The summed E-state index contributed by atoms with van der Waals surface area (Å²) in [6.07, 6.45) is 0. The van der Waals surface area contributed by atoms with Gasteiger partial charge in [0.25, 0.3) is 0 Å². The zero-order valence-electron chi connectivity index (χ0n) is 21.7. The molecule has 41 heavy (non-hydrogen) atoms. The minimum absolute atomic E-state index is 0. The molecule has 0 radical (unpaired) electrons. The quantitative estimate of drug-likeness (QED) is 0.153. The third-order valence-electron chi connectivity index (χ3n) is 3.91. The average molecular weight is 586 g/mol. The molecule has 0 bridgehead atoms. The third kappa shape index (κ3) is 13.6. The van der Waals surface area contributed by atoms with Gasteiger partial charge in [0.1, 0.15) is 0 Å². The summed E-state index contributed by atoms with van der Waals surface area (Å²) in [5.74, 6) is -11.4. The standard InChI is InChI=1S/C18H10O11.C4H6O3.C2H4O2.Na/c19-13(20)7-1-3-9(11(5-7)15(23)24)17(27)29-18(28)10-4-2-8(14(21)22)6-12(10)16(25)26;1-3(5)7-4(2)6;1-2(3)4;/h1-6H,(H,19,20)(H,21,22)(H,23,24)(H,25,26);1-2H3;1H3,(H,3,4);/q;;;+1/p-1. The second-order valence-electron chi connectivity index (χ2n) is 7.00. The molecule has 0 atom stereocenters. The minimum Gasteiger partial charge on any atom is -0.550 e. The van der Waals surface area contributed by atoms with Crippen molar-refractivity contribution in [3.05, 3.63) is 69.8 Å². The molecule has 212 valence electrons. The van der Waals surface area contributed by atoms with Gasteiger partial charge in [0, 0.05) is 19.8 Å². The predicted molar refractivity (Wildman–Crippen MR) is 124 cm³/mol. The summed E-state index contributed by atoms with van der Waals surface area (Å²) in [7, 11) is 0. The summed E-state index contributed by atoms with van der Waals surface area (Å²) in [6.45, 7) is 3.34. The van der Waals surface area contributed by atoms with Crippen LogP contribution in [-0.2, 0) is 23.9 Å². The number of aromatic carboxylic acids is 4. The van der Waals surface area contributed by atoms with Gasteiger partial charge in [0.15, 0.2) is 0 Å². The fourth-order valence-corrected chi connectivity index (χ4v) is 2.46. The molecular weight excluding hydrogens is 567 g/mol. The summed E-state index contributed by atoms with van der Waals surface area (Å²) >= 11 is 0. The first kappa shape index (κ1) is 38.2. The summed E-state index contributed by atoms with van der Waals surface area (Å²) < 4.78 is 8.48. The second kappa shape index (κ2) is 17.6. The number of hydrogen-bond acceptors (Lipinski definition) is 12. The van der Waals surface area contributed by atoms with Crippen molar-refractivity contribution < 1.29 is 108 Å². The average Bonchev–Trinajstić information content (AvgIpc) is 2.82. The van der Waals surface area contributed by atoms with Gasteiger partial charge >= 0.3 is 77.3 Å². The number of rotatable bonds is 6. The third-order valence-corrected chi connectivity index (χ3v) is 3.91. The molecule has 16 nitrogen and oxygen atoms in total. The van der Waals surface area contributed by atoms with Crippen molar-refractivity contribution in [2.24, 2.45) is 0 Å². The zero-order chi connectivity index (χ0) is 31.3. The number of benzene rings is 2. The van der Waals surface area contributed by atoms with Crippen LogP contribution in [0.4, 0.5) is 0 Å². The van der Waals surface area contributed by atoms with E-state index in [0.717, 1.165) is 31.2 Å². The van der Waals surface area contributed by atoms with Crippen molar-refractivity contribution in [3.8, 4) is 0 Å². The topological polar surface area (TPSA) is 276 Å². The van der Waals surface area contributed by atoms with Crippen LogP contribution in [0, 0.1) is 0 Å². The Morgan fingerprint density at radius 2 is 0.829 bits per heavy atom. The van der Waals surface area contributed by atoms with E-state index in [9.17, 15) is 38.4 Å². The van der Waals surface area contributed by atoms with Gasteiger partial charge in [-0.1, -0.05) is 0 Å². The summed E-state index contributed by atoms with van der Waals surface area (Å²) in [6, 6.07) is 4.87. The van der Waals surface area contributed by atoms with Gasteiger partial charge in [-0.15, -0.1) is 0 Å². The number of esters is 4. The van der Waals surface area contributed by atoms with Crippen LogP contribution in [0.15, 0.2) is 36.4 Å². The van der Waals surface area contributed by atoms with Gasteiger partial charge in [0.2, 0.25) is 0 Å². The first-order valence-electron chi connectivity index (χ1n) is 10.2. The monoisotopic (exact) mass is 586 g/mol. The maximum Gasteiger partial charge on any atom is 1.00 e. The Kier molecular flexibility index (Phi) is 16.4. The summed E-state index contributed by atoms with van der Waals surface area (Å²) in [5.41, 5.74) is -3.64. The number of aliphatic carboxylic acids is 1. The van der Waals surface area contributed by atoms with Crippen LogP contribution < -0.4 is 34.7 Å². The Labute approximate surface area is 251 Å². The van der Waals surface area contributed by atoms with Gasteiger partial charge in [-0.05, 0) is 43.3 Å². The molecule has 0 saturated heterocycles. The van der Waals surface area contributed by atoms with E-state index in [2.05, 4.69) is 9.47 Å². The molecule has 0 aliphatic carbocycles. The van der Waals surface area contributed by atoms with Gasteiger partial charge in [-0.25, -0.2) is 28.8 Å². The van der Waals surface area contributed by atoms with Crippen LogP contribution in [0.3, 0.4) is 0 Å². The van der Waals surface area contributed by atoms with Crippen LogP contribution in [0.5, 0.6) is 0 Å². The minimum atomic E-state index is -1.66. The number of carboxylic acid groups (broad SMARTS) is 5. The Bertz CT molecular complexity index is 1290. The first-order chi connectivity index (χ1) is 18.4. The first-order valence-corrected chi connectivity index (χ1v) is 10.2. The number of carbonyl (C=O) groups excluding carboxylic acids is 5. The smallest absolute Gasteiger partial charge is 0.550 e. The van der Waals surface area contributed by atoms with E-state index in [-0.39, 0.29) is 29.6 Å². The van der Waals surface area contributed by atoms with Gasteiger partial charge in [0.05, 0.1) is 33.4 Å². The fraction of sp³-hybridized carbons (Fsp3) is 0.125. The Balaban J connectivity index is 0. The molecule has 0 fully saturated rings. The van der Waals surface area contributed by atoms with E-state index in [0.29, 0.717) is 12.1 Å². The van der Waals surface area contributed by atoms with Crippen molar-refractivity contribution in [2.45, 2.75) is 20.8 Å². The Hall–Kier alpha value is -4.93. The molecule has 0 aliphatic heterocycles. The predicted octanol–water partition coefficient (Wildman–Crippen LogP) is -2.67. The SMILES string of the molecule is CC(=O)OC(C)=O.CC(=O)[O-].O=C(O)c1ccc(C(=O)OC(=O)c2ccc(C(=O)O)cc2C(=O)O)c(C(=O)O)c1.[Na+]. The van der Waals surface area contributed by atoms with E-state index in [1.807, 2.05) is 0 Å². The number of carbonyl (C=O) groups is 9. The molecule has 0 aromatic heterocycles. The molecule has 0 heterocycles. The van der Waals surface area contributed by atoms with Crippen LogP contribution in [0.25, 0.3) is 0 Å².